The maximum atomic E-state index is 6.03. The number of hydrogen-bond donors (Lipinski definition) is 0. The van der Waals surface area contributed by atoms with Crippen LogP contribution in [0.5, 0.6) is 0 Å². The summed E-state index contributed by atoms with van der Waals surface area (Å²) in [6, 6.07) is 21.1. The summed E-state index contributed by atoms with van der Waals surface area (Å²) in [5.74, 6) is 0.508. The van der Waals surface area contributed by atoms with Gasteiger partial charge in [-0.25, -0.2) is 9.97 Å². The Hall–Kier alpha value is -3.20. The van der Waals surface area contributed by atoms with Crippen molar-refractivity contribution in [3.63, 3.8) is 0 Å². The summed E-state index contributed by atoms with van der Waals surface area (Å²) in [4.78, 5) is 8.99. The summed E-state index contributed by atoms with van der Waals surface area (Å²) in [7, 11) is 0. The standard InChI is InChI=1S/C23H18N2O/c1-14(2)15-7-9-17(10-8-15)22-21-20-18-6-4-3-5-16(18)11-12-19(20)26-23(21)25-13-24-22/h3-14H,1-2H3. The molecular formula is C23H18N2O. The van der Waals surface area contributed by atoms with Crippen molar-refractivity contribution < 1.29 is 4.42 Å². The molecule has 5 aromatic rings. The van der Waals surface area contributed by atoms with Crippen LogP contribution in [0.15, 0.2) is 71.4 Å². The van der Waals surface area contributed by atoms with E-state index in [-0.39, 0.29) is 0 Å². The van der Waals surface area contributed by atoms with Crippen molar-refractivity contribution in [2.45, 2.75) is 19.8 Å². The van der Waals surface area contributed by atoms with E-state index in [0.717, 1.165) is 27.6 Å². The Morgan fingerprint density at radius 2 is 1.62 bits per heavy atom. The molecule has 0 aliphatic carbocycles. The van der Waals surface area contributed by atoms with Crippen LogP contribution in [0, 0.1) is 0 Å². The second kappa shape index (κ2) is 5.67. The monoisotopic (exact) mass is 338 g/mol. The SMILES string of the molecule is CC(C)c1ccc(-c2ncnc3oc4ccc5ccccc5c4c23)cc1. The van der Waals surface area contributed by atoms with Gasteiger partial charge in [0.2, 0.25) is 5.71 Å². The van der Waals surface area contributed by atoms with Crippen LogP contribution < -0.4 is 0 Å². The molecule has 0 aliphatic heterocycles. The van der Waals surface area contributed by atoms with Crippen molar-refractivity contribution in [2.24, 2.45) is 0 Å². The maximum absolute atomic E-state index is 6.03. The number of fused-ring (bicyclic) bond motifs is 5. The summed E-state index contributed by atoms with van der Waals surface area (Å²) in [6.07, 6.45) is 1.58. The largest absolute Gasteiger partial charge is 0.438 e. The first-order valence-electron chi connectivity index (χ1n) is 8.87. The van der Waals surface area contributed by atoms with Crippen LogP contribution in [0.25, 0.3) is 44.1 Å². The highest BCUT2D eigenvalue weighted by molar-refractivity contribution is 6.21. The van der Waals surface area contributed by atoms with Crippen molar-refractivity contribution >= 4 is 32.8 Å². The molecule has 2 aromatic heterocycles. The normalized spacial score (nSPS) is 11.8. The van der Waals surface area contributed by atoms with E-state index in [1.807, 2.05) is 6.07 Å². The minimum Gasteiger partial charge on any atom is -0.438 e. The summed E-state index contributed by atoms with van der Waals surface area (Å²) < 4.78 is 6.03. The number of aromatic nitrogens is 2. The average Bonchev–Trinajstić information content (AvgIpc) is 3.07. The van der Waals surface area contributed by atoms with E-state index in [1.54, 1.807) is 6.33 Å². The third kappa shape index (κ3) is 2.21. The second-order valence-electron chi connectivity index (χ2n) is 6.94. The number of nitrogens with zero attached hydrogens (tertiary/aromatic N) is 2. The van der Waals surface area contributed by atoms with Crippen LogP contribution in [-0.4, -0.2) is 9.97 Å². The van der Waals surface area contributed by atoms with Gasteiger partial charge in [-0.2, -0.15) is 0 Å². The van der Waals surface area contributed by atoms with Crippen LogP contribution in [0.3, 0.4) is 0 Å². The van der Waals surface area contributed by atoms with Crippen molar-refractivity contribution in [1.29, 1.82) is 0 Å². The number of benzene rings is 3. The lowest BCUT2D eigenvalue weighted by molar-refractivity contribution is 0.653. The van der Waals surface area contributed by atoms with Crippen LogP contribution in [0.2, 0.25) is 0 Å². The Labute approximate surface area is 151 Å². The molecule has 0 radical (unpaired) electrons. The third-order valence-electron chi connectivity index (χ3n) is 5.01. The van der Waals surface area contributed by atoms with E-state index in [4.69, 9.17) is 4.42 Å². The molecular weight excluding hydrogens is 320 g/mol. The van der Waals surface area contributed by atoms with Gasteiger partial charge in [0.1, 0.15) is 11.9 Å². The van der Waals surface area contributed by atoms with Crippen molar-refractivity contribution in [3.05, 3.63) is 72.6 Å². The molecule has 26 heavy (non-hydrogen) atoms. The second-order valence-corrected chi connectivity index (χ2v) is 6.94. The van der Waals surface area contributed by atoms with Gasteiger partial charge in [0.25, 0.3) is 0 Å². The molecule has 2 heterocycles. The first kappa shape index (κ1) is 15.1. The summed E-state index contributed by atoms with van der Waals surface area (Å²) in [5, 5.41) is 4.42. The molecule has 0 saturated carbocycles. The van der Waals surface area contributed by atoms with Gasteiger partial charge in [-0.05, 0) is 28.3 Å². The van der Waals surface area contributed by atoms with E-state index < -0.39 is 0 Å². The number of hydrogen-bond acceptors (Lipinski definition) is 3. The molecule has 0 spiro atoms. The summed E-state index contributed by atoms with van der Waals surface area (Å²) >= 11 is 0. The highest BCUT2D eigenvalue weighted by Gasteiger charge is 2.17. The number of furan rings is 1. The molecule has 0 aliphatic rings. The van der Waals surface area contributed by atoms with Gasteiger partial charge in [0, 0.05) is 10.9 Å². The van der Waals surface area contributed by atoms with E-state index >= 15 is 0 Å². The predicted octanol–water partition coefficient (Wildman–Crippen LogP) is 6.32. The maximum Gasteiger partial charge on any atom is 0.231 e. The molecule has 3 aromatic carbocycles. The van der Waals surface area contributed by atoms with Gasteiger partial charge in [0.05, 0.1) is 11.1 Å². The molecule has 0 unspecified atom stereocenters. The minimum atomic E-state index is 0.508. The Morgan fingerprint density at radius 3 is 2.42 bits per heavy atom. The topological polar surface area (TPSA) is 38.9 Å². The van der Waals surface area contributed by atoms with Gasteiger partial charge in [-0.1, -0.05) is 68.4 Å². The van der Waals surface area contributed by atoms with Crippen LogP contribution in [0.4, 0.5) is 0 Å². The van der Waals surface area contributed by atoms with Crippen LogP contribution >= 0.6 is 0 Å². The van der Waals surface area contributed by atoms with Crippen molar-refractivity contribution in [1.82, 2.24) is 9.97 Å². The predicted molar refractivity (Wildman–Crippen MR) is 106 cm³/mol. The molecule has 0 amide bonds. The molecule has 0 atom stereocenters. The smallest absolute Gasteiger partial charge is 0.231 e. The average molecular weight is 338 g/mol. The summed E-state index contributed by atoms with van der Waals surface area (Å²) in [5.41, 5.74) is 4.80. The highest BCUT2D eigenvalue weighted by Crippen LogP contribution is 2.38. The molecule has 0 saturated heterocycles. The van der Waals surface area contributed by atoms with Gasteiger partial charge >= 0.3 is 0 Å². The van der Waals surface area contributed by atoms with Gasteiger partial charge in [-0.15, -0.1) is 0 Å². The third-order valence-corrected chi connectivity index (χ3v) is 5.01. The lowest BCUT2D eigenvalue weighted by atomic mass is 9.98. The number of rotatable bonds is 2. The first-order valence-corrected chi connectivity index (χ1v) is 8.87. The van der Waals surface area contributed by atoms with E-state index in [9.17, 15) is 0 Å². The Morgan fingerprint density at radius 1 is 0.808 bits per heavy atom. The Balaban J connectivity index is 1.87. The molecule has 5 rings (SSSR count). The first-order chi connectivity index (χ1) is 12.7. The minimum absolute atomic E-state index is 0.508. The Bertz CT molecular complexity index is 1250. The quantitative estimate of drug-likeness (QED) is 0.378. The zero-order chi connectivity index (χ0) is 17.7. The lowest BCUT2D eigenvalue weighted by Crippen LogP contribution is -1.90. The fourth-order valence-electron chi connectivity index (χ4n) is 3.62. The molecule has 0 fully saturated rings. The molecule has 3 heteroatoms. The fourth-order valence-corrected chi connectivity index (χ4v) is 3.62. The zero-order valence-corrected chi connectivity index (χ0v) is 14.7. The molecule has 3 nitrogen and oxygen atoms in total. The van der Waals surface area contributed by atoms with Gasteiger partial charge in [-0.3, -0.25) is 0 Å². The molecule has 0 N–H and O–H groups in total. The van der Waals surface area contributed by atoms with Crippen molar-refractivity contribution in [2.75, 3.05) is 0 Å². The Kier molecular flexibility index (Phi) is 3.29. The van der Waals surface area contributed by atoms with Crippen molar-refractivity contribution in [3.8, 4) is 11.3 Å². The highest BCUT2D eigenvalue weighted by atomic mass is 16.3. The lowest BCUT2D eigenvalue weighted by Gasteiger charge is -2.07. The zero-order valence-electron chi connectivity index (χ0n) is 14.7. The van der Waals surface area contributed by atoms with E-state index in [2.05, 4.69) is 78.4 Å². The van der Waals surface area contributed by atoms with Gasteiger partial charge in [0.15, 0.2) is 0 Å². The summed E-state index contributed by atoms with van der Waals surface area (Å²) in [6.45, 7) is 4.40. The fraction of sp³-hybridized carbons (Fsp3) is 0.130. The molecule has 0 bridgehead atoms. The van der Waals surface area contributed by atoms with Crippen LogP contribution in [-0.2, 0) is 0 Å². The van der Waals surface area contributed by atoms with Gasteiger partial charge < -0.3 is 4.42 Å². The van der Waals surface area contributed by atoms with Crippen LogP contribution in [0.1, 0.15) is 25.3 Å². The van der Waals surface area contributed by atoms with E-state index in [0.29, 0.717) is 11.6 Å². The molecule has 126 valence electrons. The van der Waals surface area contributed by atoms with E-state index in [1.165, 1.54) is 16.3 Å².